The summed E-state index contributed by atoms with van der Waals surface area (Å²) in [6.07, 6.45) is 1.81. The highest BCUT2D eigenvalue weighted by Gasteiger charge is 2.11. The van der Waals surface area contributed by atoms with Gasteiger partial charge in [-0.15, -0.1) is 0 Å². The lowest BCUT2D eigenvalue weighted by molar-refractivity contribution is 0.253. The van der Waals surface area contributed by atoms with Crippen LogP contribution in [0.4, 0.5) is 10.6 Å². The number of urea groups is 1. The molecule has 1 aromatic heterocycles. The highest BCUT2D eigenvalue weighted by molar-refractivity contribution is 5.89. The van der Waals surface area contributed by atoms with Crippen LogP contribution < -0.4 is 16.2 Å². The maximum Gasteiger partial charge on any atom is 0.320 e. The zero-order valence-electron chi connectivity index (χ0n) is 8.69. The van der Waals surface area contributed by atoms with E-state index in [-0.39, 0.29) is 5.56 Å². The van der Waals surface area contributed by atoms with E-state index in [4.69, 9.17) is 5.73 Å². The summed E-state index contributed by atoms with van der Waals surface area (Å²) in [5, 5.41) is 0. The Bertz CT molecular complexity index is 386. The molecule has 1 heterocycles. The lowest BCUT2D eigenvalue weighted by atomic mass is 10.3. The Hall–Kier alpha value is -1.78. The smallest absolute Gasteiger partial charge is 0.320 e. The standard InChI is InChI=1S/C10H15N3O2/c1-2-3-7-13(10(11)15)8-5-4-6-9(14)12-8/h4-6H,2-3,7H2,1H3,(H2,11,15)(H,12,14). The monoisotopic (exact) mass is 209 g/mol. The van der Waals surface area contributed by atoms with E-state index in [1.165, 1.54) is 11.0 Å². The number of nitrogens with zero attached hydrogens (tertiary/aromatic N) is 1. The van der Waals surface area contributed by atoms with Gasteiger partial charge in [-0.05, 0) is 12.5 Å². The number of aromatic amines is 1. The third-order valence-corrected chi connectivity index (χ3v) is 2.05. The molecule has 0 atom stereocenters. The van der Waals surface area contributed by atoms with E-state index in [0.29, 0.717) is 12.4 Å². The number of aromatic nitrogens is 1. The SMILES string of the molecule is CCCCN(C(N)=O)c1cccc(=O)[nH]1. The minimum absolute atomic E-state index is 0.241. The molecule has 0 aliphatic heterocycles. The van der Waals surface area contributed by atoms with Crippen LogP contribution in [0, 0.1) is 0 Å². The molecule has 1 aromatic rings. The molecule has 0 fully saturated rings. The zero-order valence-corrected chi connectivity index (χ0v) is 8.69. The maximum absolute atomic E-state index is 11.1. The average Bonchev–Trinajstić information content (AvgIpc) is 2.18. The lowest BCUT2D eigenvalue weighted by Crippen LogP contribution is -2.37. The van der Waals surface area contributed by atoms with E-state index in [9.17, 15) is 9.59 Å². The number of H-pyrrole nitrogens is 1. The van der Waals surface area contributed by atoms with Gasteiger partial charge in [0.15, 0.2) is 0 Å². The van der Waals surface area contributed by atoms with Crippen LogP contribution in [0.15, 0.2) is 23.0 Å². The normalized spacial score (nSPS) is 9.93. The second kappa shape index (κ2) is 5.19. The Morgan fingerprint density at radius 2 is 2.27 bits per heavy atom. The van der Waals surface area contributed by atoms with Crippen molar-refractivity contribution in [3.63, 3.8) is 0 Å². The van der Waals surface area contributed by atoms with Crippen molar-refractivity contribution in [3.05, 3.63) is 28.6 Å². The van der Waals surface area contributed by atoms with E-state index in [0.717, 1.165) is 12.8 Å². The molecular weight excluding hydrogens is 194 g/mol. The fraction of sp³-hybridized carbons (Fsp3) is 0.400. The number of nitrogens with two attached hydrogens (primary N) is 1. The first-order valence-corrected chi connectivity index (χ1v) is 4.91. The molecule has 5 nitrogen and oxygen atoms in total. The van der Waals surface area contributed by atoms with Crippen molar-refractivity contribution in [2.45, 2.75) is 19.8 Å². The predicted molar refractivity (Wildman–Crippen MR) is 58.9 cm³/mol. The molecule has 0 radical (unpaired) electrons. The molecule has 0 aliphatic carbocycles. The molecule has 0 spiro atoms. The van der Waals surface area contributed by atoms with Crippen LogP contribution in [0.5, 0.6) is 0 Å². The Kier molecular flexibility index (Phi) is 3.91. The first-order chi connectivity index (χ1) is 7.15. The van der Waals surface area contributed by atoms with Gasteiger partial charge in [-0.25, -0.2) is 4.79 Å². The van der Waals surface area contributed by atoms with Gasteiger partial charge in [-0.1, -0.05) is 19.4 Å². The van der Waals surface area contributed by atoms with E-state index < -0.39 is 6.03 Å². The van der Waals surface area contributed by atoms with Gasteiger partial charge in [-0.2, -0.15) is 0 Å². The van der Waals surface area contributed by atoms with Gasteiger partial charge in [0, 0.05) is 12.6 Å². The van der Waals surface area contributed by atoms with Crippen molar-refractivity contribution in [3.8, 4) is 0 Å². The zero-order chi connectivity index (χ0) is 11.3. The Labute approximate surface area is 87.9 Å². The Balaban J connectivity index is 2.88. The summed E-state index contributed by atoms with van der Waals surface area (Å²) < 4.78 is 0. The minimum atomic E-state index is -0.551. The summed E-state index contributed by atoms with van der Waals surface area (Å²) in [4.78, 5) is 26.1. The van der Waals surface area contributed by atoms with Gasteiger partial charge in [-0.3, -0.25) is 9.69 Å². The second-order valence-corrected chi connectivity index (χ2v) is 3.24. The molecule has 0 aromatic carbocycles. The van der Waals surface area contributed by atoms with Crippen molar-refractivity contribution in [1.29, 1.82) is 0 Å². The van der Waals surface area contributed by atoms with Gasteiger partial charge >= 0.3 is 6.03 Å². The number of amides is 2. The van der Waals surface area contributed by atoms with Crippen molar-refractivity contribution in [2.75, 3.05) is 11.4 Å². The average molecular weight is 209 g/mol. The molecule has 82 valence electrons. The number of anilines is 1. The third-order valence-electron chi connectivity index (χ3n) is 2.05. The van der Waals surface area contributed by atoms with Crippen LogP contribution in [0.1, 0.15) is 19.8 Å². The van der Waals surface area contributed by atoms with Crippen LogP contribution in [0.25, 0.3) is 0 Å². The molecule has 0 bridgehead atoms. The summed E-state index contributed by atoms with van der Waals surface area (Å²) >= 11 is 0. The summed E-state index contributed by atoms with van der Waals surface area (Å²) in [7, 11) is 0. The number of hydrogen-bond donors (Lipinski definition) is 2. The van der Waals surface area contributed by atoms with Crippen LogP contribution in [-0.2, 0) is 0 Å². The largest absolute Gasteiger partial charge is 0.351 e. The number of nitrogens with one attached hydrogen (secondary N) is 1. The number of carbonyl (C=O) groups is 1. The maximum atomic E-state index is 11.1. The van der Waals surface area contributed by atoms with Crippen molar-refractivity contribution < 1.29 is 4.79 Å². The predicted octanol–water partition coefficient (Wildman–Crippen LogP) is 1.06. The highest BCUT2D eigenvalue weighted by Crippen LogP contribution is 2.08. The quantitative estimate of drug-likeness (QED) is 0.777. The van der Waals surface area contributed by atoms with Crippen LogP contribution in [0.3, 0.4) is 0 Å². The molecular formula is C10H15N3O2. The van der Waals surface area contributed by atoms with Crippen molar-refractivity contribution in [1.82, 2.24) is 4.98 Å². The highest BCUT2D eigenvalue weighted by atomic mass is 16.2. The summed E-state index contributed by atoms with van der Waals surface area (Å²) in [6.45, 7) is 2.54. The molecule has 5 heteroatoms. The van der Waals surface area contributed by atoms with Gasteiger partial charge in [0.1, 0.15) is 5.82 Å². The minimum Gasteiger partial charge on any atom is -0.351 e. The number of hydrogen-bond acceptors (Lipinski definition) is 2. The number of unbranched alkanes of at least 4 members (excludes halogenated alkanes) is 1. The lowest BCUT2D eigenvalue weighted by Gasteiger charge is -2.19. The van der Waals surface area contributed by atoms with Crippen molar-refractivity contribution in [2.24, 2.45) is 5.73 Å². The van der Waals surface area contributed by atoms with Gasteiger partial charge in [0.05, 0.1) is 0 Å². The Morgan fingerprint density at radius 1 is 1.53 bits per heavy atom. The van der Waals surface area contributed by atoms with Gasteiger partial charge < -0.3 is 10.7 Å². The number of rotatable bonds is 4. The molecule has 0 saturated carbocycles. The summed E-state index contributed by atoms with van der Waals surface area (Å²) in [6, 6.07) is 4.09. The molecule has 2 amide bonds. The molecule has 3 N–H and O–H groups in total. The van der Waals surface area contributed by atoms with Gasteiger partial charge in [0.25, 0.3) is 0 Å². The molecule has 1 rings (SSSR count). The van der Waals surface area contributed by atoms with Crippen molar-refractivity contribution >= 4 is 11.8 Å². The van der Waals surface area contributed by atoms with E-state index in [1.807, 2.05) is 6.92 Å². The number of pyridine rings is 1. The third kappa shape index (κ3) is 3.12. The van der Waals surface area contributed by atoms with E-state index >= 15 is 0 Å². The number of primary amides is 1. The molecule has 0 aliphatic rings. The van der Waals surface area contributed by atoms with E-state index in [1.54, 1.807) is 12.1 Å². The fourth-order valence-corrected chi connectivity index (χ4v) is 1.26. The topological polar surface area (TPSA) is 79.2 Å². The summed E-state index contributed by atoms with van der Waals surface area (Å²) in [5.74, 6) is 0.448. The van der Waals surface area contributed by atoms with Crippen LogP contribution >= 0.6 is 0 Å². The van der Waals surface area contributed by atoms with Crippen LogP contribution in [-0.4, -0.2) is 17.6 Å². The number of carbonyl (C=O) groups excluding carboxylic acids is 1. The second-order valence-electron chi connectivity index (χ2n) is 3.24. The first-order valence-electron chi connectivity index (χ1n) is 4.91. The Morgan fingerprint density at radius 3 is 2.80 bits per heavy atom. The van der Waals surface area contributed by atoms with E-state index in [2.05, 4.69) is 4.98 Å². The molecule has 0 saturated heterocycles. The summed E-state index contributed by atoms with van der Waals surface area (Å²) in [5.41, 5.74) is 4.98. The first kappa shape index (κ1) is 11.3. The van der Waals surface area contributed by atoms with Crippen LogP contribution in [0.2, 0.25) is 0 Å². The fourth-order valence-electron chi connectivity index (χ4n) is 1.26. The molecule has 15 heavy (non-hydrogen) atoms. The van der Waals surface area contributed by atoms with Gasteiger partial charge in [0.2, 0.25) is 5.56 Å². The molecule has 0 unspecified atom stereocenters.